The number of esters is 1. The van der Waals surface area contributed by atoms with Crippen molar-refractivity contribution in [2.45, 2.75) is 26.9 Å². The topological polar surface area (TPSA) is 56.3 Å². The smallest absolute Gasteiger partial charge is 0.339 e. The number of hydrogen-bond donors (Lipinski definition) is 0. The van der Waals surface area contributed by atoms with Crippen LogP contribution in [0.4, 0.5) is 0 Å². The van der Waals surface area contributed by atoms with Crippen LogP contribution >= 0.6 is 11.6 Å². The van der Waals surface area contributed by atoms with Crippen LogP contribution in [0.15, 0.2) is 48.5 Å². The lowest BCUT2D eigenvalue weighted by Crippen LogP contribution is -2.25. The molecule has 0 amide bonds. The molecular formula is C21H18ClNO3. The van der Waals surface area contributed by atoms with E-state index in [9.17, 15) is 9.59 Å². The maximum absolute atomic E-state index is 12.8. The molecule has 0 N–H and O–H groups in total. The largest absolute Gasteiger partial charge is 0.451 e. The fraction of sp³-hybridized carbons (Fsp3) is 0.190. The van der Waals surface area contributed by atoms with Gasteiger partial charge in [0.25, 0.3) is 0 Å². The first-order valence-electron chi connectivity index (χ1n) is 8.25. The van der Waals surface area contributed by atoms with Crippen LogP contribution in [0.25, 0.3) is 10.9 Å². The van der Waals surface area contributed by atoms with Crippen LogP contribution < -0.4 is 0 Å². The third kappa shape index (κ3) is 3.46. The number of nitrogens with zero attached hydrogens (tertiary/aromatic N) is 1. The number of carbonyl (C=O) groups is 2. The van der Waals surface area contributed by atoms with E-state index in [4.69, 9.17) is 16.3 Å². The highest BCUT2D eigenvalue weighted by atomic mass is 35.5. The van der Waals surface area contributed by atoms with Crippen molar-refractivity contribution in [2.75, 3.05) is 0 Å². The van der Waals surface area contributed by atoms with Crippen LogP contribution in [-0.4, -0.2) is 22.8 Å². The molecule has 0 aliphatic carbocycles. The van der Waals surface area contributed by atoms with Gasteiger partial charge in [0.2, 0.25) is 5.78 Å². The Kier molecular flexibility index (Phi) is 5.05. The van der Waals surface area contributed by atoms with Crippen LogP contribution in [-0.2, 0) is 4.74 Å². The number of aromatic nitrogens is 1. The minimum Gasteiger partial charge on any atom is -0.451 e. The minimum atomic E-state index is -0.907. The Morgan fingerprint density at radius 3 is 2.38 bits per heavy atom. The maximum Gasteiger partial charge on any atom is 0.339 e. The van der Waals surface area contributed by atoms with Gasteiger partial charge in [-0.3, -0.25) is 9.78 Å². The zero-order chi connectivity index (χ0) is 18.8. The molecule has 0 aliphatic rings. The summed E-state index contributed by atoms with van der Waals surface area (Å²) in [6.45, 7) is 5.25. The van der Waals surface area contributed by atoms with Crippen molar-refractivity contribution in [3.8, 4) is 0 Å². The summed E-state index contributed by atoms with van der Waals surface area (Å²) in [5.74, 6) is -0.804. The Morgan fingerprint density at radius 1 is 1.04 bits per heavy atom. The number of hydrogen-bond acceptors (Lipinski definition) is 4. The highest BCUT2D eigenvalue weighted by Crippen LogP contribution is 2.24. The second kappa shape index (κ2) is 7.26. The molecule has 1 unspecified atom stereocenters. The van der Waals surface area contributed by atoms with Crippen molar-refractivity contribution in [3.05, 3.63) is 75.9 Å². The summed E-state index contributed by atoms with van der Waals surface area (Å²) >= 11 is 5.85. The van der Waals surface area contributed by atoms with Gasteiger partial charge in [-0.15, -0.1) is 0 Å². The molecule has 26 heavy (non-hydrogen) atoms. The van der Waals surface area contributed by atoms with Gasteiger partial charge >= 0.3 is 5.97 Å². The molecule has 1 aromatic heterocycles. The average Bonchev–Trinajstić information content (AvgIpc) is 2.62. The Balaban J connectivity index is 1.90. The molecule has 0 aliphatic heterocycles. The molecule has 0 saturated heterocycles. The van der Waals surface area contributed by atoms with Gasteiger partial charge in [0, 0.05) is 21.7 Å². The van der Waals surface area contributed by atoms with Crippen molar-refractivity contribution in [2.24, 2.45) is 0 Å². The lowest BCUT2D eigenvalue weighted by Gasteiger charge is -2.16. The van der Waals surface area contributed by atoms with Gasteiger partial charge in [0.05, 0.1) is 11.1 Å². The summed E-state index contributed by atoms with van der Waals surface area (Å²) in [7, 11) is 0. The van der Waals surface area contributed by atoms with Crippen LogP contribution in [0.2, 0.25) is 5.02 Å². The molecule has 2 aromatic carbocycles. The van der Waals surface area contributed by atoms with E-state index in [2.05, 4.69) is 4.98 Å². The highest BCUT2D eigenvalue weighted by molar-refractivity contribution is 6.30. The molecule has 0 fully saturated rings. The predicted molar refractivity (Wildman–Crippen MR) is 102 cm³/mol. The second-order valence-electron chi connectivity index (χ2n) is 6.13. The fourth-order valence-electron chi connectivity index (χ4n) is 2.81. The molecule has 0 spiro atoms. The van der Waals surface area contributed by atoms with Gasteiger partial charge in [-0.05, 0) is 56.7 Å². The standard InChI is InChI=1S/C21H18ClNO3/c1-12-13(2)23-18-7-5-4-6-17(18)19(12)21(25)26-14(3)20(24)15-8-10-16(22)11-9-15/h4-11,14H,1-3H3. The molecule has 3 rings (SSSR count). The van der Waals surface area contributed by atoms with Gasteiger partial charge in [0.15, 0.2) is 6.10 Å². The summed E-state index contributed by atoms with van der Waals surface area (Å²) in [6.07, 6.45) is -0.907. The molecular weight excluding hydrogens is 350 g/mol. The van der Waals surface area contributed by atoms with E-state index in [1.165, 1.54) is 0 Å². The van der Waals surface area contributed by atoms with Gasteiger partial charge in [-0.25, -0.2) is 4.79 Å². The Hall–Kier alpha value is -2.72. The molecule has 4 nitrogen and oxygen atoms in total. The van der Waals surface area contributed by atoms with Gasteiger partial charge < -0.3 is 4.74 Å². The number of rotatable bonds is 4. The van der Waals surface area contributed by atoms with E-state index in [-0.39, 0.29) is 5.78 Å². The van der Waals surface area contributed by atoms with Gasteiger partial charge in [0.1, 0.15) is 0 Å². The van der Waals surface area contributed by atoms with Crippen molar-refractivity contribution < 1.29 is 14.3 Å². The number of aryl methyl sites for hydroxylation is 1. The molecule has 0 saturated carbocycles. The van der Waals surface area contributed by atoms with Crippen LogP contribution in [0.5, 0.6) is 0 Å². The molecule has 0 radical (unpaired) electrons. The van der Waals surface area contributed by atoms with Gasteiger partial charge in [-0.1, -0.05) is 29.8 Å². The Morgan fingerprint density at radius 2 is 1.69 bits per heavy atom. The number of benzene rings is 2. The van der Waals surface area contributed by atoms with Crippen molar-refractivity contribution in [3.63, 3.8) is 0 Å². The van der Waals surface area contributed by atoms with E-state index >= 15 is 0 Å². The second-order valence-corrected chi connectivity index (χ2v) is 6.57. The monoisotopic (exact) mass is 367 g/mol. The molecule has 5 heteroatoms. The zero-order valence-corrected chi connectivity index (χ0v) is 15.5. The number of ether oxygens (including phenoxy) is 1. The van der Waals surface area contributed by atoms with E-state index in [0.29, 0.717) is 21.5 Å². The zero-order valence-electron chi connectivity index (χ0n) is 14.7. The summed E-state index contributed by atoms with van der Waals surface area (Å²) in [4.78, 5) is 29.8. The first-order valence-corrected chi connectivity index (χ1v) is 8.63. The fourth-order valence-corrected chi connectivity index (χ4v) is 2.94. The van der Waals surface area contributed by atoms with E-state index in [1.807, 2.05) is 38.1 Å². The average molecular weight is 368 g/mol. The summed E-state index contributed by atoms with van der Waals surface area (Å²) in [6, 6.07) is 13.9. The maximum atomic E-state index is 12.8. The summed E-state index contributed by atoms with van der Waals surface area (Å²) in [5.41, 5.74) is 3.12. The first-order chi connectivity index (χ1) is 12.4. The number of para-hydroxylation sites is 1. The number of carbonyl (C=O) groups excluding carboxylic acids is 2. The van der Waals surface area contributed by atoms with Crippen molar-refractivity contribution in [1.82, 2.24) is 4.98 Å². The van der Waals surface area contributed by atoms with Crippen LogP contribution in [0.3, 0.4) is 0 Å². The normalized spacial score (nSPS) is 12.0. The third-order valence-corrected chi connectivity index (χ3v) is 4.62. The van der Waals surface area contributed by atoms with Gasteiger partial charge in [-0.2, -0.15) is 0 Å². The lowest BCUT2D eigenvalue weighted by atomic mass is 10.0. The quantitative estimate of drug-likeness (QED) is 0.484. The Labute approximate surface area is 156 Å². The summed E-state index contributed by atoms with van der Waals surface area (Å²) in [5, 5.41) is 1.26. The molecule has 0 bridgehead atoms. The SMILES string of the molecule is Cc1nc2ccccc2c(C(=O)OC(C)C(=O)c2ccc(Cl)cc2)c1C. The Bertz CT molecular complexity index is 996. The first kappa shape index (κ1) is 18.1. The molecule has 3 aromatic rings. The third-order valence-electron chi connectivity index (χ3n) is 4.37. The number of fused-ring (bicyclic) bond motifs is 1. The number of Topliss-reactive ketones (excluding diaryl/α,β-unsaturated/α-hetero) is 1. The van der Waals surface area contributed by atoms with Crippen molar-refractivity contribution >= 4 is 34.3 Å². The molecule has 1 atom stereocenters. The van der Waals surface area contributed by atoms with E-state index < -0.39 is 12.1 Å². The van der Waals surface area contributed by atoms with E-state index in [0.717, 1.165) is 16.8 Å². The number of halogens is 1. The van der Waals surface area contributed by atoms with E-state index in [1.54, 1.807) is 31.2 Å². The number of pyridine rings is 1. The van der Waals surface area contributed by atoms with Crippen LogP contribution in [0.1, 0.15) is 38.9 Å². The lowest BCUT2D eigenvalue weighted by molar-refractivity contribution is 0.0320. The molecule has 132 valence electrons. The highest BCUT2D eigenvalue weighted by Gasteiger charge is 2.23. The predicted octanol–water partition coefficient (Wildman–Crippen LogP) is 4.93. The van der Waals surface area contributed by atoms with Crippen LogP contribution in [0, 0.1) is 13.8 Å². The summed E-state index contributed by atoms with van der Waals surface area (Å²) < 4.78 is 5.48. The number of ketones is 1. The minimum absolute atomic E-state index is 0.275. The van der Waals surface area contributed by atoms with Crippen molar-refractivity contribution in [1.29, 1.82) is 0 Å². The molecule has 1 heterocycles.